The van der Waals surface area contributed by atoms with E-state index >= 15 is 0 Å². The molecule has 0 spiro atoms. The molecule has 0 aromatic carbocycles. The molecular formula is C18H25N5OS. The van der Waals surface area contributed by atoms with Crippen molar-refractivity contribution in [2.45, 2.75) is 38.8 Å². The van der Waals surface area contributed by atoms with Gasteiger partial charge in [0.15, 0.2) is 5.16 Å². The number of hydrogen-bond acceptors (Lipinski definition) is 7. The third-order valence-electron chi connectivity index (χ3n) is 4.41. The number of aromatic nitrogens is 4. The van der Waals surface area contributed by atoms with Gasteiger partial charge in [-0.25, -0.2) is 15.0 Å². The van der Waals surface area contributed by atoms with Crippen LogP contribution in [0.1, 0.15) is 29.8 Å². The normalized spacial score (nSPS) is 15.4. The van der Waals surface area contributed by atoms with Crippen LogP contribution in [0.3, 0.4) is 0 Å². The van der Waals surface area contributed by atoms with Crippen molar-refractivity contribution in [1.82, 2.24) is 19.9 Å². The van der Waals surface area contributed by atoms with Crippen molar-refractivity contribution < 1.29 is 4.74 Å². The summed E-state index contributed by atoms with van der Waals surface area (Å²) < 4.78 is 5.98. The number of ether oxygens (including phenoxy) is 1. The van der Waals surface area contributed by atoms with E-state index < -0.39 is 0 Å². The van der Waals surface area contributed by atoms with Crippen LogP contribution in [0.5, 0.6) is 5.88 Å². The van der Waals surface area contributed by atoms with Gasteiger partial charge >= 0.3 is 0 Å². The van der Waals surface area contributed by atoms with Crippen molar-refractivity contribution >= 4 is 17.7 Å². The van der Waals surface area contributed by atoms with E-state index in [1.165, 1.54) is 11.8 Å². The summed E-state index contributed by atoms with van der Waals surface area (Å²) in [6.07, 6.45) is 5.96. The van der Waals surface area contributed by atoms with Crippen molar-refractivity contribution in [3.63, 3.8) is 0 Å². The van der Waals surface area contributed by atoms with E-state index in [1.807, 2.05) is 39.3 Å². The highest BCUT2D eigenvalue weighted by atomic mass is 32.2. The number of piperidine rings is 1. The van der Waals surface area contributed by atoms with E-state index in [-0.39, 0.29) is 0 Å². The molecule has 134 valence electrons. The van der Waals surface area contributed by atoms with Gasteiger partial charge in [0, 0.05) is 36.2 Å². The monoisotopic (exact) mass is 359 g/mol. The number of aryl methyl sites for hydroxylation is 3. The lowest BCUT2D eigenvalue weighted by molar-refractivity contribution is 0.213. The smallest absolute Gasteiger partial charge is 0.225 e. The minimum absolute atomic E-state index is 0.536. The predicted octanol–water partition coefficient (Wildman–Crippen LogP) is 3.21. The summed E-state index contributed by atoms with van der Waals surface area (Å²) in [6.45, 7) is 8.66. The lowest BCUT2D eigenvalue weighted by Gasteiger charge is -2.32. The fourth-order valence-corrected chi connectivity index (χ4v) is 3.33. The second kappa shape index (κ2) is 7.99. The molecule has 7 heteroatoms. The van der Waals surface area contributed by atoms with Gasteiger partial charge in [-0.3, -0.25) is 0 Å². The summed E-state index contributed by atoms with van der Waals surface area (Å²) in [4.78, 5) is 20.1. The number of thioether (sulfide) groups is 1. The molecule has 2 aromatic rings. The molecule has 3 rings (SSSR count). The van der Waals surface area contributed by atoms with E-state index in [9.17, 15) is 0 Å². The Hall–Kier alpha value is -1.89. The van der Waals surface area contributed by atoms with Crippen molar-refractivity contribution in [2.24, 2.45) is 5.92 Å². The zero-order valence-electron chi connectivity index (χ0n) is 15.3. The van der Waals surface area contributed by atoms with Crippen LogP contribution >= 0.6 is 11.8 Å². The van der Waals surface area contributed by atoms with Gasteiger partial charge in [0.2, 0.25) is 11.8 Å². The lowest BCUT2D eigenvalue weighted by Crippen LogP contribution is -2.36. The maximum absolute atomic E-state index is 5.98. The Labute approximate surface area is 153 Å². The third-order valence-corrected chi connectivity index (χ3v) is 4.97. The number of nitrogens with zero attached hydrogens (tertiary/aromatic N) is 5. The highest BCUT2D eigenvalue weighted by Crippen LogP contribution is 2.23. The largest absolute Gasteiger partial charge is 0.477 e. The molecule has 1 aliphatic heterocycles. The van der Waals surface area contributed by atoms with E-state index in [0.29, 0.717) is 18.4 Å². The van der Waals surface area contributed by atoms with Gasteiger partial charge < -0.3 is 9.64 Å². The van der Waals surface area contributed by atoms with Crippen LogP contribution in [0.4, 0.5) is 5.95 Å². The number of rotatable bonds is 5. The van der Waals surface area contributed by atoms with E-state index in [4.69, 9.17) is 4.74 Å². The Balaban J connectivity index is 1.54. The van der Waals surface area contributed by atoms with Gasteiger partial charge in [0.1, 0.15) is 0 Å². The zero-order chi connectivity index (χ0) is 17.8. The minimum atomic E-state index is 0.536. The Morgan fingerprint density at radius 3 is 2.44 bits per heavy atom. The van der Waals surface area contributed by atoms with Crippen LogP contribution in [0.2, 0.25) is 0 Å². The molecule has 0 unspecified atom stereocenters. The van der Waals surface area contributed by atoms with Gasteiger partial charge in [-0.1, -0.05) is 11.8 Å². The summed E-state index contributed by atoms with van der Waals surface area (Å²) in [7, 11) is 0. The van der Waals surface area contributed by atoms with Crippen molar-refractivity contribution in [3.05, 3.63) is 29.2 Å². The Morgan fingerprint density at radius 2 is 1.80 bits per heavy atom. The predicted molar refractivity (Wildman–Crippen MR) is 100 cm³/mol. The average Bonchev–Trinajstić information content (AvgIpc) is 2.60. The van der Waals surface area contributed by atoms with Crippen LogP contribution in [0.15, 0.2) is 17.4 Å². The Bertz CT molecular complexity index is 711. The van der Waals surface area contributed by atoms with Crippen LogP contribution in [-0.2, 0) is 0 Å². The molecule has 0 N–H and O–H groups in total. The first-order chi connectivity index (χ1) is 12.0. The van der Waals surface area contributed by atoms with Crippen LogP contribution < -0.4 is 9.64 Å². The average molecular weight is 359 g/mol. The molecule has 0 atom stereocenters. The quantitative estimate of drug-likeness (QED) is 0.600. The van der Waals surface area contributed by atoms with Crippen LogP contribution in [0.25, 0.3) is 0 Å². The van der Waals surface area contributed by atoms with Crippen molar-refractivity contribution in [1.29, 1.82) is 0 Å². The van der Waals surface area contributed by atoms with E-state index in [1.54, 1.807) is 0 Å². The first kappa shape index (κ1) is 17.9. The molecule has 2 aromatic heterocycles. The van der Waals surface area contributed by atoms with Gasteiger partial charge in [-0.2, -0.15) is 4.98 Å². The van der Waals surface area contributed by atoms with E-state index in [2.05, 4.69) is 24.8 Å². The standard InChI is InChI=1S/C18H25N5OS/c1-12-10-19-18(25-4)22-16(12)24-11-15-5-7-23(8-6-15)17-20-13(2)9-14(3)21-17/h9-10,15H,5-8,11H2,1-4H3. The Kier molecular flexibility index (Phi) is 5.73. The summed E-state index contributed by atoms with van der Waals surface area (Å²) in [5.41, 5.74) is 3.03. The molecule has 0 aliphatic carbocycles. The third kappa shape index (κ3) is 4.60. The first-order valence-corrected chi connectivity index (χ1v) is 9.85. The summed E-state index contributed by atoms with van der Waals surface area (Å²) in [5.74, 6) is 2.10. The second-order valence-electron chi connectivity index (χ2n) is 6.54. The van der Waals surface area contributed by atoms with Crippen LogP contribution in [0, 0.1) is 26.7 Å². The van der Waals surface area contributed by atoms with Gasteiger partial charge in [0.05, 0.1) is 6.61 Å². The summed E-state index contributed by atoms with van der Waals surface area (Å²) in [5, 5.41) is 0.752. The SMILES string of the molecule is CSc1ncc(C)c(OCC2CCN(c3nc(C)cc(C)n3)CC2)n1. The highest BCUT2D eigenvalue weighted by Gasteiger charge is 2.22. The van der Waals surface area contributed by atoms with Gasteiger partial charge in [0.25, 0.3) is 0 Å². The molecule has 3 heterocycles. The molecule has 6 nitrogen and oxygen atoms in total. The topological polar surface area (TPSA) is 64.0 Å². The summed E-state index contributed by atoms with van der Waals surface area (Å²) in [6, 6.07) is 2.01. The highest BCUT2D eigenvalue weighted by molar-refractivity contribution is 7.98. The van der Waals surface area contributed by atoms with E-state index in [0.717, 1.165) is 54.0 Å². The molecule has 0 bridgehead atoms. The maximum Gasteiger partial charge on any atom is 0.225 e. The van der Waals surface area contributed by atoms with Crippen LogP contribution in [-0.4, -0.2) is 45.9 Å². The Morgan fingerprint density at radius 1 is 1.12 bits per heavy atom. The maximum atomic E-state index is 5.98. The molecule has 0 saturated carbocycles. The lowest BCUT2D eigenvalue weighted by atomic mass is 9.98. The molecular weight excluding hydrogens is 334 g/mol. The fourth-order valence-electron chi connectivity index (χ4n) is 3.00. The molecule has 0 radical (unpaired) electrons. The van der Waals surface area contributed by atoms with Gasteiger partial charge in [-0.05, 0) is 51.9 Å². The summed E-state index contributed by atoms with van der Waals surface area (Å²) >= 11 is 1.53. The molecule has 1 saturated heterocycles. The zero-order valence-corrected chi connectivity index (χ0v) is 16.1. The first-order valence-electron chi connectivity index (χ1n) is 8.63. The minimum Gasteiger partial charge on any atom is -0.477 e. The van der Waals surface area contributed by atoms with Gasteiger partial charge in [-0.15, -0.1) is 0 Å². The van der Waals surface area contributed by atoms with Crippen molar-refractivity contribution in [2.75, 3.05) is 30.9 Å². The molecule has 1 aliphatic rings. The number of anilines is 1. The van der Waals surface area contributed by atoms with Crippen molar-refractivity contribution in [3.8, 4) is 5.88 Å². The molecule has 25 heavy (non-hydrogen) atoms. The second-order valence-corrected chi connectivity index (χ2v) is 7.31. The molecule has 1 fully saturated rings. The fraction of sp³-hybridized carbons (Fsp3) is 0.556. The molecule has 0 amide bonds. The number of hydrogen-bond donors (Lipinski definition) is 0.